The van der Waals surface area contributed by atoms with Crippen molar-refractivity contribution in [1.82, 2.24) is 5.32 Å². The summed E-state index contributed by atoms with van der Waals surface area (Å²) in [5.41, 5.74) is 0.336. The van der Waals surface area contributed by atoms with E-state index in [-0.39, 0.29) is 0 Å². The largest absolute Gasteiger partial charge is 0.493 e. The molecule has 0 heterocycles. The minimum atomic E-state index is -1.03. The number of amides is 1. The van der Waals surface area contributed by atoms with Gasteiger partial charge in [-0.05, 0) is 31.5 Å². The zero-order valence-corrected chi connectivity index (χ0v) is 13.2. The molecule has 2 N–H and O–H groups in total. The van der Waals surface area contributed by atoms with Gasteiger partial charge < -0.3 is 19.9 Å². The zero-order valence-electron chi connectivity index (χ0n) is 13.2. The first-order valence-corrected chi connectivity index (χ1v) is 7.37. The number of benzene rings is 1. The highest BCUT2D eigenvalue weighted by Crippen LogP contribution is 2.28. The third kappa shape index (κ3) is 4.95. The topological polar surface area (TPSA) is 84.9 Å². The Labute approximate surface area is 130 Å². The second-order valence-corrected chi connectivity index (χ2v) is 4.81. The van der Waals surface area contributed by atoms with E-state index in [1.807, 2.05) is 13.8 Å². The minimum Gasteiger partial charge on any atom is -0.493 e. The van der Waals surface area contributed by atoms with E-state index < -0.39 is 17.9 Å². The van der Waals surface area contributed by atoms with E-state index >= 15 is 0 Å². The fraction of sp³-hybridized carbons (Fsp3) is 0.500. The van der Waals surface area contributed by atoms with E-state index in [1.54, 1.807) is 18.2 Å². The lowest BCUT2D eigenvalue weighted by molar-refractivity contribution is -0.139. The van der Waals surface area contributed by atoms with Crippen LogP contribution < -0.4 is 14.8 Å². The van der Waals surface area contributed by atoms with Crippen LogP contribution >= 0.6 is 0 Å². The molecule has 1 rings (SSSR count). The van der Waals surface area contributed by atoms with Gasteiger partial charge in [0.2, 0.25) is 0 Å². The van der Waals surface area contributed by atoms with Crippen molar-refractivity contribution in [3.63, 3.8) is 0 Å². The van der Waals surface area contributed by atoms with Crippen molar-refractivity contribution in [2.24, 2.45) is 0 Å². The average Bonchev–Trinajstić information content (AvgIpc) is 2.51. The smallest absolute Gasteiger partial charge is 0.326 e. The van der Waals surface area contributed by atoms with Crippen molar-refractivity contribution in [2.45, 2.75) is 39.2 Å². The van der Waals surface area contributed by atoms with Crippen LogP contribution in [0.1, 0.15) is 43.5 Å². The molecular formula is C16H23NO5. The fourth-order valence-corrected chi connectivity index (χ4v) is 1.99. The van der Waals surface area contributed by atoms with Crippen LogP contribution in [0, 0.1) is 0 Å². The highest BCUT2D eigenvalue weighted by molar-refractivity contribution is 5.97. The van der Waals surface area contributed by atoms with E-state index in [2.05, 4.69) is 5.32 Å². The van der Waals surface area contributed by atoms with Crippen LogP contribution in [0.4, 0.5) is 0 Å². The molecular weight excluding hydrogens is 286 g/mol. The highest BCUT2D eigenvalue weighted by Gasteiger charge is 2.20. The lowest BCUT2D eigenvalue weighted by Gasteiger charge is -2.15. The molecule has 0 fully saturated rings. The average molecular weight is 309 g/mol. The maximum absolute atomic E-state index is 12.2. The zero-order chi connectivity index (χ0) is 16.5. The van der Waals surface area contributed by atoms with Crippen molar-refractivity contribution < 1.29 is 24.2 Å². The van der Waals surface area contributed by atoms with Crippen LogP contribution in [-0.2, 0) is 4.79 Å². The monoisotopic (exact) mass is 309 g/mol. The first-order valence-electron chi connectivity index (χ1n) is 7.37. The van der Waals surface area contributed by atoms with Crippen molar-refractivity contribution >= 4 is 11.9 Å². The summed E-state index contributed by atoms with van der Waals surface area (Å²) in [6.07, 6.45) is 2.02. The Morgan fingerprint density at radius 1 is 1.27 bits per heavy atom. The van der Waals surface area contributed by atoms with Crippen molar-refractivity contribution in [3.8, 4) is 11.5 Å². The number of carboxylic acid groups (broad SMARTS) is 1. The van der Waals surface area contributed by atoms with Gasteiger partial charge in [0, 0.05) is 5.56 Å². The lowest BCUT2D eigenvalue weighted by atomic mass is 10.1. The third-order valence-electron chi connectivity index (χ3n) is 3.18. The molecule has 0 spiro atoms. The maximum Gasteiger partial charge on any atom is 0.326 e. The molecule has 0 radical (unpaired) electrons. The Hall–Kier alpha value is -2.24. The number of aliphatic carboxylic acids is 1. The molecule has 1 unspecified atom stereocenters. The number of unbranched alkanes of at least 4 members (excludes halogenated alkanes) is 1. The first kappa shape index (κ1) is 17.8. The Morgan fingerprint density at radius 2 is 2.00 bits per heavy atom. The SMILES string of the molecule is CCCCC(NC(=O)c1ccc(OCC)c(OC)c1)C(=O)O. The van der Waals surface area contributed by atoms with Gasteiger partial charge in [-0.2, -0.15) is 0 Å². The Balaban J connectivity index is 2.85. The van der Waals surface area contributed by atoms with E-state index in [4.69, 9.17) is 14.6 Å². The van der Waals surface area contributed by atoms with Gasteiger partial charge in [-0.3, -0.25) is 4.79 Å². The van der Waals surface area contributed by atoms with E-state index in [0.717, 1.165) is 12.8 Å². The minimum absolute atomic E-state index is 0.336. The molecule has 0 aliphatic heterocycles. The number of carbonyl (C=O) groups excluding carboxylic acids is 1. The summed E-state index contributed by atoms with van der Waals surface area (Å²) < 4.78 is 10.6. The van der Waals surface area contributed by atoms with Gasteiger partial charge in [0.25, 0.3) is 5.91 Å². The molecule has 6 nitrogen and oxygen atoms in total. The maximum atomic E-state index is 12.2. The molecule has 1 atom stereocenters. The number of ether oxygens (including phenoxy) is 2. The molecule has 6 heteroatoms. The van der Waals surface area contributed by atoms with Gasteiger partial charge in [-0.1, -0.05) is 19.8 Å². The second kappa shape index (κ2) is 8.92. The highest BCUT2D eigenvalue weighted by atomic mass is 16.5. The van der Waals surface area contributed by atoms with E-state index in [9.17, 15) is 9.59 Å². The fourth-order valence-electron chi connectivity index (χ4n) is 1.99. The van der Waals surface area contributed by atoms with Crippen LogP contribution in [0.15, 0.2) is 18.2 Å². The van der Waals surface area contributed by atoms with Crippen LogP contribution in [0.5, 0.6) is 11.5 Å². The normalized spacial score (nSPS) is 11.6. The molecule has 0 saturated carbocycles. The summed E-state index contributed by atoms with van der Waals surface area (Å²) in [4.78, 5) is 23.4. The van der Waals surface area contributed by atoms with Gasteiger partial charge in [-0.25, -0.2) is 4.79 Å². The number of hydrogen-bond donors (Lipinski definition) is 2. The molecule has 0 aromatic heterocycles. The van der Waals surface area contributed by atoms with Crippen molar-refractivity contribution in [3.05, 3.63) is 23.8 Å². The number of carboxylic acids is 1. The number of nitrogens with one attached hydrogen (secondary N) is 1. The predicted molar refractivity (Wildman–Crippen MR) is 82.6 cm³/mol. The van der Waals surface area contributed by atoms with Gasteiger partial charge in [0.1, 0.15) is 6.04 Å². The predicted octanol–water partition coefficient (Wildman–Crippen LogP) is 2.47. The van der Waals surface area contributed by atoms with Crippen LogP contribution in [0.25, 0.3) is 0 Å². The summed E-state index contributed by atoms with van der Waals surface area (Å²) in [7, 11) is 1.49. The second-order valence-electron chi connectivity index (χ2n) is 4.81. The van der Waals surface area contributed by atoms with Gasteiger partial charge >= 0.3 is 5.97 Å². The number of methoxy groups -OCH3 is 1. The van der Waals surface area contributed by atoms with Crippen LogP contribution in [-0.4, -0.2) is 36.7 Å². The summed E-state index contributed by atoms with van der Waals surface area (Å²) in [6.45, 7) is 4.31. The summed E-state index contributed by atoms with van der Waals surface area (Å²) in [6, 6.07) is 3.88. The summed E-state index contributed by atoms with van der Waals surface area (Å²) in [5, 5.41) is 11.7. The van der Waals surface area contributed by atoms with Crippen molar-refractivity contribution in [1.29, 1.82) is 0 Å². The van der Waals surface area contributed by atoms with Crippen LogP contribution in [0.3, 0.4) is 0 Å². The van der Waals surface area contributed by atoms with Gasteiger partial charge in [-0.15, -0.1) is 0 Å². The van der Waals surface area contributed by atoms with Crippen LogP contribution in [0.2, 0.25) is 0 Å². The lowest BCUT2D eigenvalue weighted by Crippen LogP contribution is -2.40. The third-order valence-corrected chi connectivity index (χ3v) is 3.18. The van der Waals surface area contributed by atoms with E-state index in [1.165, 1.54) is 7.11 Å². The van der Waals surface area contributed by atoms with Crippen molar-refractivity contribution in [2.75, 3.05) is 13.7 Å². The molecule has 0 saturated heterocycles. The van der Waals surface area contributed by atoms with E-state index in [0.29, 0.717) is 30.1 Å². The Bertz CT molecular complexity index is 515. The molecule has 1 amide bonds. The Kier molecular flexibility index (Phi) is 7.22. The molecule has 122 valence electrons. The number of carbonyl (C=O) groups is 2. The first-order chi connectivity index (χ1) is 10.5. The molecule has 22 heavy (non-hydrogen) atoms. The van der Waals surface area contributed by atoms with Gasteiger partial charge in [0.15, 0.2) is 11.5 Å². The summed E-state index contributed by atoms with van der Waals surface area (Å²) in [5.74, 6) is -0.484. The quantitative estimate of drug-likeness (QED) is 0.732. The standard InChI is InChI=1S/C16H23NO5/c1-4-6-7-12(16(19)20)17-15(18)11-8-9-13(22-5-2)14(10-11)21-3/h8-10,12H,4-7H2,1-3H3,(H,17,18)(H,19,20). The number of hydrogen-bond acceptors (Lipinski definition) is 4. The molecule has 0 bridgehead atoms. The van der Waals surface area contributed by atoms with Gasteiger partial charge in [0.05, 0.1) is 13.7 Å². The number of rotatable bonds is 9. The molecule has 0 aliphatic rings. The Morgan fingerprint density at radius 3 is 2.55 bits per heavy atom. The molecule has 1 aromatic carbocycles. The molecule has 0 aliphatic carbocycles. The summed E-state index contributed by atoms with van der Waals surface area (Å²) >= 11 is 0. The molecule has 1 aromatic rings.